The molecule has 3 aromatic rings. The van der Waals surface area contributed by atoms with Crippen molar-refractivity contribution in [3.05, 3.63) is 63.5 Å². The molecule has 0 N–H and O–H groups in total. The summed E-state index contributed by atoms with van der Waals surface area (Å²) in [6.45, 7) is 6.51. The van der Waals surface area contributed by atoms with Gasteiger partial charge in [-0.15, -0.1) is 0 Å². The molecule has 0 saturated carbocycles. The molecule has 25 heavy (non-hydrogen) atoms. The van der Waals surface area contributed by atoms with Gasteiger partial charge in [0.05, 0.1) is 5.69 Å². The number of rotatable bonds is 6. The van der Waals surface area contributed by atoms with Crippen molar-refractivity contribution in [3.8, 4) is 0 Å². The van der Waals surface area contributed by atoms with Crippen LogP contribution in [0.25, 0.3) is 5.65 Å². The van der Waals surface area contributed by atoms with Gasteiger partial charge in [-0.05, 0) is 37.5 Å². The number of aryl methyl sites for hydroxylation is 1. The van der Waals surface area contributed by atoms with Crippen LogP contribution in [0.3, 0.4) is 0 Å². The molecule has 0 aliphatic carbocycles. The Morgan fingerprint density at radius 3 is 2.52 bits per heavy atom. The van der Waals surface area contributed by atoms with Crippen LogP contribution in [0.5, 0.6) is 0 Å². The molecule has 0 aliphatic heterocycles. The molecule has 132 valence electrons. The van der Waals surface area contributed by atoms with E-state index in [1.807, 2.05) is 30.3 Å². The third kappa shape index (κ3) is 3.40. The van der Waals surface area contributed by atoms with E-state index in [-0.39, 0.29) is 5.41 Å². The van der Waals surface area contributed by atoms with Gasteiger partial charge in [0.2, 0.25) is 0 Å². The van der Waals surface area contributed by atoms with Crippen LogP contribution in [0, 0.1) is 0 Å². The van der Waals surface area contributed by atoms with E-state index >= 15 is 0 Å². The van der Waals surface area contributed by atoms with Gasteiger partial charge < -0.3 is 0 Å². The molecule has 0 amide bonds. The van der Waals surface area contributed by atoms with Gasteiger partial charge in [0.1, 0.15) is 5.15 Å². The summed E-state index contributed by atoms with van der Waals surface area (Å²) in [5, 5.41) is 6.15. The highest BCUT2D eigenvalue weighted by Gasteiger charge is 2.33. The zero-order valence-corrected chi connectivity index (χ0v) is 16.4. The van der Waals surface area contributed by atoms with Gasteiger partial charge in [0.25, 0.3) is 0 Å². The van der Waals surface area contributed by atoms with E-state index in [9.17, 15) is 0 Å². The number of halogens is 2. The second-order valence-electron chi connectivity index (χ2n) is 6.68. The zero-order chi connectivity index (χ0) is 18.0. The lowest BCUT2D eigenvalue weighted by Gasteiger charge is -2.29. The van der Waals surface area contributed by atoms with Crippen LogP contribution >= 0.6 is 23.2 Å². The van der Waals surface area contributed by atoms with Crippen molar-refractivity contribution in [2.45, 2.75) is 51.9 Å². The molecule has 5 heteroatoms. The molecule has 1 unspecified atom stereocenters. The topological polar surface area (TPSA) is 30.2 Å². The quantitative estimate of drug-likeness (QED) is 0.487. The maximum atomic E-state index is 6.51. The Kier molecular flexibility index (Phi) is 5.35. The summed E-state index contributed by atoms with van der Waals surface area (Å²) in [4.78, 5) is 4.72. The van der Waals surface area contributed by atoms with E-state index in [0.717, 1.165) is 53.3 Å². The van der Waals surface area contributed by atoms with E-state index in [2.05, 4.69) is 26.8 Å². The lowest BCUT2D eigenvalue weighted by Crippen LogP contribution is -2.24. The van der Waals surface area contributed by atoms with Gasteiger partial charge in [-0.1, -0.05) is 68.1 Å². The Morgan fingerprint density at radius 2 is 1.84 bits per heavy atom. The van der Waals surface area contributed by atoms with Gasteiger partial charge >= 0.3 is 0 Å². The SMILES string of the molecule is CCCc1cc(Cl)n2nc(C(C)(CCC)c3ccccc3Cl)cc2n1. The predicted molar refractivity (Wildman–Crippen MR) is 105 cm³/mol. The minimum atomic E-state index is -0.283. The van der Waals surface area contributed by atoms with Crippen LogP contribution < -0.4 is 0 Å². The molecular formula is C20H23Cl2N3. The van der Waals surface area contributed by atoms with Gasteiger partial charge in [0, 0.05) is 22.2 Å². The first-order chi connectivity index (χ1) is 12.0. The number of fused-ring (bicyclic) bond motifs is 1. The molecule has 3 nitrogen and oxygen atoms in total. The van der Waals surface area contributed by atoms with E-state index in [1.165, 1.54) is 0 Å². The fourth-order valence-electron chi connectivity index (χ4n) is 3.45. The van der Waals surface area contributed by atoms with Crippen molar-refractivity contribution >= 4 is 28.8 Å². The summed E-state index contributed by atoms with van der Waals surface area (Å²) < 4.78 is 1.72. The Hall–Kier alpha value is -1.58. The summed E-state index contributed by atoms with van der Waals surface area (Å²) in [6, 6.07) is 11.9. The molecular weight excluding hydrogens is 353 g/mol. The Morgan fingerprint density at radius 1 is 1.08 bits per heavy atom. The average Bonchev–Trinajstić information content (AvgIpc) is 3.01. The van der Waals surface area contributed by atoms with Crippen LogP contribution in [-0.2, 0) is 11.8 Å². The Balaban J connectivity index is 2.17. The first-order valence-corrected chi connectivity index (χ1v) is 9.56. The third-order valence-corrected chi connectivity index (χ3v) is 5.33. The largest absolute Gasteiger partial charge is 0.233 e. The normalized spacial score (nSPS) is 14.0. The highest BCUT2D eigenvalue weighted by molar-refractivity contribution is 6.31. The smallest absolute Gasteiger partial charge is 0.157 e. The Bertz CT molecular complexity index is 888. The molecule has 0 saturated heterocycles. The summed E-state index contributed by atoms with van der Waals surface area (Å²) in [5.74, 6) is 0. The highest BCUT2D eigenvalue weighted by Crippen LogP contribution is 2.39. The fourth-order valence-corrected chi connectivity index (χ4v) is 4.04. The van der Waals surface area contributed by atoms with Crippen LogP contribution in [-0.4, -0.2) is 14.6 Å². The van der Waals surface area contributed by atoms with Gasteiger partial charge in [-0.2, -0.15) is 5.10 Å². The predicted octanol–water partition coefficient (Wildman–Crippen LogP) is 6.09. The minimum absolute atomic E-state index is 0.283. The van der Waals surface area contributed by atoms with Crippen molar-refractivity contribution in [2.75, 3.05) is 0 Å². The van der Waals surface area contributed by atoms with Gasteiger partial charge in [0.15, 0.2) is 5.65 Å². The molecule has 0 fully saturated rings. The summed E-state index contributed by atoms with van der Waals surface area (Å²) in [5.41, 5.74) is 3.55. The monoisotopic (exact) mass is 375 g/mol. The molecule has 0 radical (unpaired) electrons. The second kappa shape index (κ2) is 7.35. The Labute approximate surface area is 159 Å². The number of nitrogens with zero attached hydrogens (tertiary/aromatic N) is 3. The van der Waals surface area contributed by atoms with E-state index < -0.39 is 0 Å². The van der Waals surface area contributed by atoms with E-state index in [0.29, 0.717) is 5.15 Å². The van der Waals surface area contributed by atoms with Gasteiger partial charge in [-0.3, -0.25) is 0 Å². The molecule has 0 spiro atoms. The molecule has 1 aromatic carbocycles. The maximum absolute atomic E-state index is 6.51. The van der Waals surface area contributed by atoms with Crippen molar-refractivity contribution in [1.82, 2.24) is 14.6 Å². The third-order valence-electron chi connectivity index (χ3n) is 4.73. The molecule has 0 bridgehead atoms. The fraction of sp³-hybridized carbons (Fsp3) is 0.400. The molecule has 1 atom stereocenters. The number of hydrogen-bond acceptors (Lipinski definition) is 2. The first kappa shape index (κ1) is 18.2. The highest BCUT2D eigenvalue weighted by atomic mass is 35.5. The number of benzene rings is 1. The minimum Gasteiger partial charge on any atom is -0.233 e. The summed E-state index contributed by atoms with van der Waals surface area (Å²) >= 11 is 13.0. The first-order valence-electron chi connectivity index (χ1n) is 8.80. The van der Waals surface area contributed by atoms with Crippen molar-refractivity contribution in [3.63, 3.8) is 0 Å². The van der Waals surface area contributed by atoms with Crippen LogP contribution in [0.4, 0.5) is 0 Å². The van der Waals surface area contributed by atoms with Crippen molar-refractivity contribution < 1.29 is 0 Å². The van der Waals surface area contributed by atoms with E-state index in [4.69, 9.17) is 33.3 Å². The molecule has 2 heterocycles. The summed E-state index contributed by atoms with van der Waals surface area (Å²) in [7, 11) is 0. The molecule has 2 aromatic heterocycles. The molecule has 3 rings (SSSR count). The zero-order valence-electron chi connectivity index (χ0n) is 14.9. The van der Waals surface area contributed by atoms with Gasteiger partial charge in [-0.25, -0.2) is 9.50 Å². The maximum Gasteiger partial charge on any atom is 0.157 e. The summed E-state index contributed by atoms with van der Waals surface area (Å²) in [6.07, 6.45) is 3.92. The van der Waals surface area contributed by atoms with Crippen molar-refractivity contribution in [1.29, 1.82) is 0 Å². The average molecular weight is 376 g/mol. The van der Waals surface area contributed by atoms with Crippen molar-refractivity contribution in [2.24, 2.45) is 0 Å². The number of hydrogen-bond donors (Lipinski definition) is 0. The lowest BCUT2D eigenvalue weighted by atomic mass is 9.76. The standard InChI is InChI=1S/C20H23Cl2N3/c1-4-8-14-12-18(22)25-19(23-14)13-17(24-25)20(3,11-5-2)15-9-6-7-10-16(15)21/h6-7,9-10,12-13H,4-5,8,11H2,1-3H3. The number of aromatic nitrogens is 3. The van der Waals surface area contributed by atoms with Crippen LogP contribution in [0.15, 0.2) is 36.4 Å². The van der Waals surface area contributed by atoms with Crippen LogP contribution in [0.2, 0.25) is 10.2 Å². The lowest BCUT2D eigenvalue weighted by molar-refractivity contribution is 0.494. The second-order valence-corrected chi connectivity index (χ2v) is 7.48. The molecule has 0 aliphatic rings. The van der Waals surface area contributed by atoms with E-state index in [1.54, 1.807) is 4.52 Å². The van der Waals surface area contributed by atoms with Crippen LogP contribution in [0.1, 0.15) is 57.0 Å².